The minimum Gasteiger partial charge on any atom is -0.398 e. The van der Waals surface area contributed by atoms with Crippen LogP contribution in [0, 0.1) is 6.92 Å². The lowest BCUT2D eigenvalue weighted by atomic mass is 10.4. The van der Waals surface area contributed by atoms with Crippen LogP contribution >= 0.6 is 11.3 Å². The molecule has 0 aliphatic heterocycles. The summed E-state index contributed by atoms with van der Waals surface area (Å²) in [5.41, 5.74) is 6.10. The van der Waals surface area contributed by atoms with Crippen molar-refractivity contribution in [2.75, 3.05) is 0 Å². The van der Waals surface area contributed by atoms with Crippen LogP contribution in [0.1, 0.15) is 9.75 Å². The molecule has 0 saturated carbocycles. The standard InChI is InChI=1S/C7H9NS/c1-5-3-4-7(9-5)6(2)8/h3-4H,2,8H2,1H3. The lowest BCUT2D eigenvalue weighted by Crippen LogP contribution is -1.88. The van der Waals surface area contributed by atoms with E-state index in [-0.39, 0.29) is 0 Å². The summed E-state index contributed by atoms with van der Waals surface area (Å²) in [5.74, 6) is 0. The van der Waals surface area contributed by atoms with Gasteiger partial charge in [0.25, 0.3) is 0 Å². The summed E-state index contributed by atoms with van der Waals surface area (Å²) in [6.45, 7) is 5.68. The van der Waals surface area contributed by atoms with Crippen LogP contribution < -0.4 is 5.73 Å². The third-order valence-electron chi connectivity index (χ3n) is 1.06. The van der Waals surface area contributed by atoms with E-state index in [1.54, 1.807) is 11.3 Å². The molecule has 0 aliphatic rings. The maximum Gasteiger partial charge on any atom is 0.0496 e. The number of hydrogen-bond donors (Lipinski definition) is 1. The molecule has 0 unspecified atom stereocenters. The van der Waals surface area contributed by atoms with Gasteiger partial charge in [-0.25, -0.2) is 0 Å². The van der Waals surface area contributed by atoms with Gasteiger partial charge in [-0.15, -0.1) is 11.3 Å². The Morgan fingerprint density at radius 2 is 2.33 bits per heavy atom. The molecule has 1 aromatic heterocycles. The van der Waals surface area contributed by atoms with Gasteiger partial charge >= 0.3 is 0 Å². The fourth-order valence-corrected chi connectivity index (χ4v) is 1.36. The lowest BCUT2D eigenvalue weighted by molar-refractivity contribution is 1.62. The monoisotopic (exact) mass is 139 g/mol. The first-order chi connectivity index (χ1) is 4.20. The average molecular weight is 139 g/mol. The normalized spacial score (nSPS) is 9.44. The van der Waals surface area contributed by atoms with E-state index in [4.69, 9.17) is 5.73 Å². The average Bonchev–Trinajstić information content (AvgIpc) is 2.14. The van der Waals surface area contributed by atoms with Crippen molar-refractivity contribution >= 4 is 17.0 Å². The van der Waals surface area contributed by atoms with Gasteiger partial charge in [-0.2, -0.15) is 0 Å². The molecule has 1 nitrogen and oxygen atoms in total. The van der Waals surface area contributed by atoms with Crippen LogP contribution in [0.15, 0.2) is 18.7 Å². The quantitative estimate of drug-likeness (QED) is 0.632. The Labute approximate surface area is 58.8 Å². The van der Waals surface area contributed by atoms with Gasteiger partial charge in [0.05, 0.1) is 0 Å². The smallest absolute Gasteiger partial charge is 0.0496 e. The van der Waals surface area contributed by atoms with Gasteiger partial charge in [-0.3, -0.25) is 0 Å². The van der Waals surface area contributed by atoms with Gasteiger partial charge < -0.3 is 5.73 Å². The molecule has 0 aromatic carbocycles. The van der Waals surface area contributed by atoms with Crippen molar-refractivity contribution in [1.29, 1.82) is 0 Å². The molecule has 0 spiro atoms. The molecule has 0 amide bonds. The Morgan fingerprint density at radius 3 is 2.56 bits per heavy atom. The van der Waals surface area contributed by atoms with Gasteiger partial charge in [0, 0.05) is 15.5 Å². The van der Waals surface area contributed by atoms with Crippen molar-refractivity contribution in [2.24, 2.45) is 5.73 Å². The summed E-state index contributed by atoms with van der Waals surface area (Å²) in [7, 11) is 0. The number of rotatable bonds is 1. The largest absolute Gasteiger partial charge is 0.398 e. The highest BCUT2D eigenvalue weighted by Gasteiger charge is 1.94. The maximum absolute atomic E-state index is 5.44. The molecule has 1 aromatic rings. The lowest BCUT2D eigenvalue weighted by Gasteiger charge is -1.88. The first kappa shape index (κ1) is 6.36. The van der Waals surface area contributed by atoms with Gasteiger partial charge in [0.2, 0.25) is 0 Å². The molecular formula is C7H9NS. The van der Waals surface area contributed by atoms with Crippen molar-refractivity contribution in [3.63, 3.8) is 0 Å². The van der Waals surface area contributed by atoms with E-state index < -0.39 is 0 Å². The van der Waals surface area contributed by atoms with E-state index in [1.165, 1.54) is 4.88 Å². The first-order valence-electron chi connectivity index (χ1n) is 2.71. The molecule has 0 fully saturated rings. The van der Waals surface area contributed by atoms with E-state index >= 15 is 0 Å². The highest BCUT2D eigenvalue weighted by atomic mass is 32.1. The second-order valence-corrected chi connectivity index (χ2v) is 3.22. The van der Waals surface area contributed by atoms with Crippen LogP contribution in [0.2, 0.25) is 0 Å². The van der Waals surface area contributed by atoms with E-state index in [0.29, 0.717) is 5.70 Å². The molecule has 2 N–H and O–H groups in total. The molecule has 2 heteroatoms. The topological polar surface area (TPSA) is 26.0 Å². The minimum absolute atomic E-state index is 0.660. The number of thiophene rings is 1. The molecule has 9 heavy (non-hydrogen) atoms. The predicted molar refractivity (Wildman–Crippen MR) is 42.3 cm³/mol. The number of hydrogen-bond acceptors (Lipinski definition) is 2. The van der Waals surface area contributed by atoms with E-state index in [0.717, 1.165) is 4.88 Å². The Balaban J connectivity index is 2.98. The van der Waals surface area contributed by atoms with Crippen LogP contribution in [0.4, 0.5) is 0 Å². The molecule has 0 atom stereocenters. The van der Waals surface area contributed by atoms with Crippen LogP contribution in [-0.4, -0.2) is 0 Å². The molecule has 48 valence electrons. The van der Waals surface area contributed by atoms with Crippen molar-refractivity contribution in [3.8, 4) is 0 Å². The van der Waals surface area contributed by atoms with Crippen molar-refractivity contribution in [3.05, 3.63) is 28.5 Å². The second kappa shape index (κ2) is 2.23. The highest BCUT2D eigenvalue weighted by molar-refractivity contribution is 7.13. The Hall–Kier alpha value is -0.760. The Morgan fingerprint density at radius 1 is 1.67 bits per heavy atom. The highest BCUT2D eigenvalue weighted by Crippen LogP contribution is 2.18. The molecular weight excluding hydrogens is 130 g/mol. The summed E-state index contributed by atoms with van der Waals surface area (Å²) in [4.78, 5) is 2.35. The summed E-state index contributed by atoms with van der Waals surface area (Å²) in [6, 6.07) is 4.03. The van der Waals surface area contributed by atoms with E-state index in [9.17, 15) is 0 Å². The Kier molecular flexibility index (Phi) is 1.58. The molecule has 0 aliphatic carbocycles. The first-order valence-corrected chi connectivity index (χ1v) is 3.53. The van der Waals surface area contributed by atoms with Crippen molar-refractivity contribution in [1.82, 2.24) is 0 Å². The maximum atomic E-state index is 5.44. The van der Waals surface area contributed by atoms with Crippen molar-refractivity contribution < 1.29 is 0 Å². The molecule has 1 rings (SSSR count). The predicted octanol–water partition coefficient (Wildman–Crippen LogP) is 1.99. The molecule has 0 radical (unpaired) electrons. The number of aryl methyl sites for hydroxylation is 1. The third kappa shape index (κ3) is 1.33. The summed E-state index contributed by atoms with van der Waals surface area (Å²) in [6.07, 6.45) is 0. The fourth-order valence-electron chi connectivity index (χ4n) is 0.607. The molecule has 0 saturated heterocycles. The second-order valence-electron chi connectivity index (χ2n) is 1.94. The minimum atomic E-state index is 0.660. The van der Waals surface area contributed by atoms with E-state index in [2.05, 4.69) is 13.5 Å². The Bertz CT molecular complexity index is 225. The molecule has 0 bridgehead atoms. The van der Waals surface area contributed by atoms with E-state index in [1.807, 2.05) is 12.1 Å². The van der Waals surface area contributed by atoms with Gasteiger partial charge in [-0.05, 0) is 19.1 Å². The van der Waals surface area contributed by atoms with Gasteiger partial charge in [-0.1, -0.05) is 6.58 Å². The van der Waals surface area contributed by atoms with Gasteiger partial charge in [0.1, 0.15) is 0 Å². The van der Waals surface area contributed by atoms with Crippen LogP contribution in [0.5, 0.6) is 0 Å². The van der Waals surface area contributed by atoms with Gasteiger partial charge in [0.15, 0.2) is 0 Å². The van der Waals surface area contributed by atoms with Crippen LogP contribution in [-0.2, 0) is 0 Å². The fraction of sp³-hybridized carbons (Fsp3) is 0.143. The number of nitrogens with two attached hydrogens (primary N) is 1. The zero-order valence-corrected chi connectivity index (χ0v) is 6.16. The molecule has 1 heterocycles. The summed E-state index contributed by atoms with van der Waals surface area (Å²) in [5, 5.41) is 0. The third-order valence-corrected chi connectivity index (χ3v) is 2.13. The summed E-state index contributed by atoms with van der Waals surface area (Å²) >= 11 is 1.67. The van der Waals surface area contributed by atoms with Crippen molar-refractivity contribution in [2.45, 2.75) is 6.92 Å². The van der Waals surface area contributed by atoms with Crippen LogP contribution in [0.25, 0.3) is 5.70 Å². The zero-order valence-electron chi connectivity index (χ0n) is 5.35. The SMILES string of the molecule is C=C(N)c1ccc(C)s1. The van der Waals surface area contributed by atoms with Crippen LogP contribution in [0.3, 0.4) is 0 Å². The zero-order chi connectivity index (χ0) is 6.85. The summed E-state index contributed by atoms with van der Waals surface area (Å²) < 4.78 is 0.